The lowest BCUT2D eigenvalue weighted by Crippen LogP contribution is -2.54. The number of carbonyl (C=O) groups excluding carboxylic acids is 3. The van der Waals surface area contributed by atoms with Crippen molar-refractivity contribution in [2.45, 2.75) is 37.9 Å². The molecule has 1 heterocycles. The van der Waals surface area contributed by atoms with E-state index < -0.39 is 28.9 Å². The topological polar surface area (TPSA) is 125 Å². The molecule has 0 saturated carbocycles. The summed E-state index contributed by atoms with van der Waals surface area (Å²) in [6.45, 7) is 0.723. The molecule has 0 radical (unpaired) electrons. The SMILES string of the molecule is CN(Cc1ccccc1)C(=O)[C@H](Cc1ccc2ccccc2c1)NC(=O)[C@@H]1CCCN1C(=O)Nc1cccc([N+](=O)[O-])c1. The Morgan fingerprint density at radius 3 is 2.44 bits per heavy atom. The molecular weight excluding hydrogens is 546 g/mol. The molecule has 4 aromatic carbocycles. The van der Waals surface area contributed by atoms with Crippen LogP contribution in [-0.2, 0) is 22.6 Å². The number of non-ortho nitro benzene ring substituents is 1. The summed E-state index contributed by atoms with van der Waals surface area (Å²) < 4.78 is 0. The molecule has 4 amide bonds. The van der Waals surface area contributed by atoms with Gasteiger partial charge in [0.1, 0.15) is 12.1 Å². The second-order valence-corrected chi connectivity index (χ2v) is 10.7. The molecule has 4 aromatic rings. The Balaban J connectivity index is 1.33. The largest absolute Gasteiger partial charge is 0.342 e. The smallest absolute Gasteiger partial charge is 0.322 e. The van der Waals surface area contributed by atoms with Gasteiger partial charge in [-0.25, -0.2) is 4.79 Å². The number of benzene rings is 4. The van der Waals surface area contributed by atoms with Crippen LogP contribution in [0.3, 0.4) is 0 Å². The summed E-state index contributed by atoms with van der Waals surface area (Å²) in [6, 6.07) is 27.0. The number of fused-ring (bicyclic) bond motifs is 1. The van der Waals surface area contributed by atoms with Crippen molar-refractivity contribution in [3.8, 4) is 0 Å². The van der Waals surface area contributed by atoms with Gasteiger partial charge >= 0.3 is 6.03 Å². The monoisotopic (exact) mass is 579 g/mol. The summed E-state index contributed by atoms with van der Waals surface area (Å²) in [5.74, 6) is -0.658. The average molecular weight is 580 g/mol. The van der Waals surface area contributed by atoms with Crippen LogP contribution < -0.4 is 10.6 Å². The van der Waals surface area contributed by atoms with Gasteiger partial charge in [-0.05, 0) is 40.8 Å². The third kappa shape index (κ3) is 7.16. The van der Waals surface area contributed by atoms with Crippen LogP contribution in [0.2, 0.25) is 0 Å². The van der Waals surface area contributed by atoms with Gasteiger partial charge in [0, 0.05) is 44.4 Å². The number of nitro benzene ring substituents is 1. The summed E-state index contributed by atoms with van der Waals surface area (Å²) in [4.78, 5) is 54.2. The van der Waals surface area contributed by atoms with E-state index in [-0.39, 0.29) is 23.7 Å². The minimum absolute atomic E-state index is 0.150. The number of likely N-dealkylation sites (tertiary alicyclic amines) is 1. The number of likely N-dealkylation sites (N-methyl/N-ethyl adjacent to an activating group) is 1. The molecule has 43 heavy (non-hydrogen) atoms. The first kappa shape index (κ1) is 29.2. The highest BCUT2D eigenvalue weighted by Crippen LogP contribution is 2.23. The summed E-state index contributed by atoms with van der Waals surface area (Å²) in [5.41, 5.74) is 1.98. The van der Waals surface area contributed by atoms with E-state index in [4.69, 9.17) is 0 Å². The van der Waals surface area contributed by atoms with Crippen molar-refractivity contribution in [1.29, 1.82) is 0 Å². The van der Waals surface area contributed by atoms with Crippen molar-refractivity contribution in [3.05, 3.63) is 118 Å². The van der Waals surface area contributed by atoms with Crippen molar-refractivity contribution in [1.82, 2.24) is 15.1 Å². The number of amides is 4. The fraction of sp³-hybridized carbons (Fsp3) is 0.242. The van der Waals surface area contributed by atoms with Crippen LogP contribution in [0.5, 0.6) is 0 Å². The number of nitrogens with zero attached hydrogens (tertiary/aromatic N) is 3. The maximum atomic E-state index is 13.8. The fourth-order valence-corrected chi connectivity index (χ4v) is 5.45. The van der Waals surface area contributed by atoms with E-state index in [0.717, 1.165) is 21.9 Å². The molecule has 2 atom stereocenters. The molecular formula is C33H33N5O5. The van der Waals surface area contributed by atoms with Crippen molar-refractivity contribution in [2.24, 2.45) is 0 Å². The quantitative estimate of drug-likeness (QED) is 0.210. The first-order valence-corrected chi connectivity index (χ1v) is 14.2. The molecule has 0 spiro atoms. The summed E-state index contributed by atoms with van der Waals surface area (Å²) in [7, 11) is 1.71. The molecule has 1 aliphatic heterocycles. The van der Waals surface area contributed by atoms with Gasteiger partial charge in [0.2, 0.25) is 11.8 Å². The molecule has 1 aliphatic rings. The van der Waals surface area contributed by atoms with E-state index in [1.54, 1.807) is 18.0 Å². The first-order chi connectivity index (χ1) is 20.8. The third-order valence-corrected chi connectivity index (χ3v) is 7.63. The first-order valence-electron chi connectivity index (χ1n) is 14.2. The van der Waals surface area contributed by atoms with E-state index >= 15 is 0 Å². The van der Waals surface area contributed by atoms with E-state index in [9.17, 15) is 24.5 Å². The molecule has 0 aromatic heterocycles. The van der Waals surface area contributed by atoms with Gasteiger partial charge in [-0.15, -0.1) is 0 Å². The highest BCUT2D eigenvalue weighted by atomic mass is 16.6. The van der Waals surface area contributed by atoms with E-state index in [1.807, 2.05) is 72.8 Å². The summed E-state index contributed by atoms with van der Waals surface area (Å²) >= 11 is 0. The molecule has 220 valence electrons. The zero-order valence-electron chi connectivity index (χ0n) is 23.8. The van der Waals surface area contributed by atoms with Crippen LogP contribution in [0.4, 0.5) is 16.2 Å². The van der Waals surface area contributed by atoms with Crippen LogP contribution >= 0.6 is 0 Å². The molecule has 10 nitrogen and oxygen atoms in total. The highest BCUT2D eigenvalue weighted by Gasteiger charge is 2.36. The highest BCUT2D eigenvalue weighted by molar-refractivity contribution is 5.96. The van der Waals surface area contributed by atoms with Crippen molar-refractivity contribution in [2.75, 3.05) is 18.9 Å². The van der Waals surface area contributed by atoms with Gasteiger partial charge in [0.25, 0.3) is 5.69 Å². The number of carbonyl (C=O) groups is 3. The molecule has 0 aliphatic carbocycles. The Bertz CT molecular complexity index is 1640. The zero-order valence-corrected chi connectivity index (χ0v) is 23.8. The second kappa shape index (κ2) is 13.2. The number of hydrogen-bond acceptors (Lipinski definition) is 5. The lowest BCUT2D eigenvalue weighted by Gasteiger charge is -2.29. The lowest BCUT2D eigenvalue weighted by atomic mass is 10.00. The molecule has 5 rings (SSSR count). The summed E-state index contributed by atoms with van der Waals surface area (Å²) in [6.07, 6.45) is 1.32. The Morgan fingerprint density at radius 1 is 0.930 bits per heavy atom. The van der Waals surface area contributed by atoms with Crippen molar-refractivity contribution >= 4 is 40.0 Å². The van der Waals surface area contributed by atoms with Gasteiger partial charge in [-0.1, -0.05) is 78.9 Å². The van der Waals surface area contributed by atoms with Gasteiger partial charge in [0.15, 0.2) is 0 Å². The van der Waals surface area contributed by atoms with Gasteiger partial charge in [0.05, 0.1) is 4.92 Å². The minimum atomic E-state index is -0.857. The van der Waals surface area contributed by atoms with Gasteiger partial charge in [-0.3, -0.25) is 19.7 Å². The predicted molar refractivity (Wildman–Crippen MR) is 164 cm³/mol. The maximum Gasteiger partial charge on any atom is 0.322 e. The van der Waals surface area contributed by atoms with Gasteiger partial charge in [-0.2, -0.15) is 0 Å². The molecule has 10 heteroatoms. The Hall–Kier alpha value is -5.25. The Labute approximate surface area is 249 Å². The standard InChI is InChI=1S/C33H33N5O5/c1-36(22-23-9-3-2-4-10-23)32(40)29(20-24-16-17-25-11-5-6-12-26(25)19-24)35-31(39)30-15-8-18-37(30)33(41)34-27-13-7-14-28(21-27)38(42)43/h2-7,9-14,16-17,19,21,29-30H,8,15,18,20,22H2,1H3,(H,34,41)(H,35,39)/t29-,30-/m0/s1. The molecule has 0 bridgehead atoms. The van der Waals surface area contributed by atoms with E-state index in [2.05, 4.69) is 10.6 Å². The van der Waals surface area contributed by atoms with Crippen molar-refractivity contribution < 1.29 is 19.3 Å². The number of urea groups is 1. The van der Waals surface area contributed by atoms with E-state index in [1.165, 1.54) is 23.1 Å². The van der Waals surface area contributed by atoms with Crippen LogP contribution in [0, 0.1) is 10.1 Å². The summed E-state index contributed by atoms with van der Waals surface area (Å²) in [5, 5.41) is 18.9. The number of hydrogen-bond donors (Lipinski definition) is 2. The average Bonchev–Trinajstić information content (AvgIpc) is 3.51. The normalized spacial score (nSPS) is 15.1. The minimum Gasteiger partial charge on any atom is -0.342 e. The molecule has 1 saturated heterocycles. The number of nitro groups is 1. The number of nitrogens with one attached hydrogen (secondary N) is 2. The predicted octanol–water partition coefficient (Wildman–Crippen LogP) is 5.13. The van der Waals surface area contributed by atoms with Crippen molar-refractivity contribution in [3.63, 3.8) is 0 Å². The molecule has 2 N–H and O–H groups in total. The van der Waals surface area contributed by atoms with Crippen LogP contribution in [0.25, 0.3) is 10.8 Å². The number of anilines is 1. The third-order valence-electron chi connectivity index (χ3n) is 7.63. The number of rotatable bonds is 9. The maximum absolute atomic E-state index is 13.8. The Morgan fingerprint density at radius 2 is 1.67 bits per heavy atom. The Kier molecular flexibility index (Phi) is 8.95. The van der Waals surface area contributed by atoms with Crippen LogP contribution in [-0.4, -0.2) is 58.2 Å². The molecule has 0 unspecified atom stereocenters. The van der Waals surface area contributed by atoms with Crippen LogP contribution in [0.15, 0.2) is 97.1 Å². The fourth-order valence-electron chi connectivity index (χ4n) is 5.45. The lowest BCUT2D eigenvalue weighted by molar-refractivity contribution is -0.384. The molecule has 1 fully saturated rings. The van der Waals surface area contributed by atoms with Gasteiger partial charge < -0.3 is 20.4 Å². The van der Waals surface area contributed by atoms with E-state index in [0.29, 0.717) is 25.9 Å². The van der Waals surface area contributed by atoms with Crippen LogP contribution in [0.1, 0.15) is 24.0 Å². The second-order valence-electron chi connectivity index (χ2n) is 10.7. The zero-order chi connectivity index (χ0) is 30.3.